The van der Waals surface area contributed by atoms with Crippen molar-refractivity contribution in [3.05, 3.63) is 17.0 Å². The number of hydrogen-bond donors (Lipinski definition) is 2. The summed E-state index contributed by atoms with van der Waals surface area (Å²) in [5, 5.41) is 16.0. The van der Waals surface area contributed by atoms with E-state index in [0.717, 1.165) is 23.4 Å². The summed E-state index contributed by atoms with van der Waals surface area (Å²) in [6.07, 6.45) is 2.03. The van der Waals surface area contributed by atoms with Crippen LogP contribution >= 0.6 is 0 Å². The van der Waals surface area contributed by atoms with Gasteiger partial charge in [0.2, 0.25) is 0 Å². The van der Waals surface area contributed by atoms with Gasteiger partial charge in [-0.3, -0.25) is 9.89 Å². The maximum absolute atomic E-state index is 10.9. The van der Waals surface area contributed by atoms with Crippen LogP contribution in [0.25, 0.3) is 0 Å². The van der Waals surface area contributed by atoms with E-state index in [1.165, 1.54) is 0 Å². The largest absolute Gasteiger partial charge is 0.481 e. The summed E-state index contributed by atoms with van der Waals surface area (Å²) in [5.74, 6) is -0.990. The lowest BCUT2D eigenvalue weighted by Gasteiger charge is -2.18. The lowest BCUT2D eigenvalue weighted by molar-refractivity contribution is -0.142. The van der Waals surface area contributed by atoms with Crippen molar-refractivity contribution in [1.29, 1.82) is 0 Å². The van der Waals surface area contributed by atoms with E-state index in [1.54, 1.807) is 7.11 Å². The van der Waals surface area contributed by atoms with Crippen molar-refractivity contribution in [2.75, 3.05) is 7.11 Å². The molecule has 0 fully saturated rings. The van der Waals surface area contributed by atoms with Gasteiger partial charge in [-0.15, -0.1) is 0 Å². The van der Waals surface area contributed by atoms with E-state index in [1.807, 2.05) is 0 Å². The molecule has 0 amide bonds. The fraction of sp³-hybridized carbons (Fsp3) is 0.600. The van der Waals surface area contributed by atoms with E-state index in [0.29, 0.717) is 19.4 Å². The van der Waals surface area contributed by atoms with Crippen LogP contribution in [-0.2, 0) is 29.0 Å². The minimum Gasteiger partial charge on any atom is -0.481 e. The van der Waals surface area contributed by atoms with Crippen LogP contribution in [-0.4, -0.2) is 28.4 Å². The first-order valence-corrected chi connectivity index (χ1v) is 4.99. The Morgan fingerprint density at radius 1 is 1.73 bits per heavy atom. The second kappa shape index (κ2) is 4.02. The van der Waals surface area contributed by atoms with E-state index in [-0.39, 0.29) is 5.92 Å². The van der Waals surface area contributed by atoms with Gasteiger partial charge in [0.05, 0.1) is 18.2 Å². The molecule has 1 heterocycles. The molecule has 82 valence electrons. The maximum Gasteiger partial charge on any atom is 0.306 e. The number of hydrogen-bond acceptors (Lipinski definition) is 3. The number of ether oxygens (including phenoxy) is 1. The quantitative estimate of drug-likeness (QED) is 0.771. The van der Waals surface area contributed by atoms with Crippen LogP contribution in [0.3, 0.4) is 0 Å². The molecule has 2 rings (SSSR count). The number of aliphatic carboxylic acids is 1. The number of carboxylic acid groups (broad SMARTS) is 1. The summed E-state index contributed by atoms with van der Waals surface area (Å²) in [5.41, 5.74) is 2.95. The lowest BCUT2D eigenvalue weighted by atomic mass is 9.86. The number of nitrogens with one attached hydrogen (secondary N) is 1. The van der Waals surface area contributed by atoms with Gasteiger partial charge >= 0.3 is 5.97 Å². The molecule has 1 aliphatic rings. The molecule has 0 aliphatic heterocycles. The third-order valence-corrected chi connectivity index (χ3v) is 2.86. The van der Waals surface area contributed by atoms with Crippen LogP contribution in [0.1, 0.15) is 23.4 Å². The molecule has 0 spiro atoms. The summed E-state index contributed by atoms with van der Waals surface area (Å²) in [6, 6.07) is 0. The number of H-pyrrole nitrogens is 1. The summed E-state index contributed by atoms with van der Waals surface area (Å²) in [4.78, 5) is 10.9. The fourth-order valence-corrected chi connectivity index (χ4v) is 2.03. The number of nitrogens with zero attached hydrogens (tertiary/aromatic N) is 1. The second-order valence-corrected chi connectivity index (χ2v) is 3.84. The Labute approximate surface area is 87.4 Å². The van der Waals surface area contributed by atoms with Gasteiger partial charge in [0.25, 0.3) is 0 Å². The van der Waals surface area contributed by atoms with Crippen LogP contribution < -0.4 is 0 Å². The Balaban J connectivity index is 2.22. The van der Waals surface area contributed by atoms with Gasteiger partial charge in [-0.05, 0) is 24.8 Å². The van der Waals surface area contributed by atoms with E-state index in [9.17, 15) is 4.79 Å². The highest BCUT2D eigenvalue weighted by atomic mass is 16.5. The average molecular weight is 210 g/mol. The number of aryl methyl sites for hydroxylation is 1. The van der Waals surface area contributed by atoms with Gasteiger partial charge in [-0.2, -0.15) is 5.10 Å². The van der Waals surface area contributed by atoms with Crippen molar-refractivity contribution in [2.45, 2.75) is 25.9 Å². The third kappa shape index (κ3) is 1.87. The highest BCUT2D eigenvalue weighted by molar-refractivity contribution is 5.71. The highest BCUT2D eigenvalue weighted by Gasteiger charge is 2.27. The maximum atomic E-state index is 10.9. The SMILES string of the molecule is COCc1n[nH]c2c1C[C@@H](C(=O)O)CC2. The summed E-state index contributed by atoms with van der Waals surface area (Å²) < 4.78 is 5.02. The molecule has 1 atom stereocenters. The Hall–Kier alpha value is -1.36. The van der Waals surface area contributed by atoms with Crippen LogP contribution in [0.4, 0.5) is 0 Å². The van der Waals surface area contributed by atoms with Gasteiger partial charge in [-0.25, -0.2) is 0 Å². The number of rotatable bonds is 3. The zero-order valence-corrected chi connectivity index (χ0v) is 8.62. The summed E-state index contributed by atoms with van der Waals surface area (Å²) in [6.45, 7) is 0.443. The molecule has 0 saturated heterocycles. The highest BCUT2D eigenvalue weighted by Crippen LogP contribution is 2.26. The average Bonchev–Trinajstić information content (AvgIpc) is 2.61. The molecular weight excluding hydrogens is 196 g/mol. The fourth-order valence-electron chi connectivity index (χ4n) is 2.03. The zero-order valence-electron chi connectivity index (χ0n) is 8.62. The Morgan fingerprint density at radius 2 is 2.53 bits per heavy atom. The van der Waals surface area contributed by atoms with Crippen molar-refractivity contribution in [1.82, 2.24) is 10.2 Å². The molecule has 1 aliphatic carbocycles. The van der Waals surface area contributed by atoms with Gasteiger partial charge in [-0.1, -0.05) is 0 Å². The van der Waals surface area contributed by atoms with Crippen molar-refractivity contribution in [3.8, 4) is 0 Å². The van der Waals surface area contributed by atoms with E-state index >= 15 is 0 Å². The Morgan fingerprint density at radius 3 is 3.20 bits per heavy atom. The first-order valence-electron chi connectivity index (χ1n) is 4.99. The molecule has 5 nitrogen and oxygen atoms in total. The number of fused-ring (bicyclic) bond motifs is 1. The van der Waals surface area contributed by atoms with E-state index in [2.05, 4.69) is 10.2 Å². The molecule has 1 aromatic heterocycles. The molecule has 0 saturated carbocycles. The Kier molecular flexibility index (Phi) is 2.73. The van der Waals surface area contributed by atoms with E-state index in [4.69, 9.17) is 9.84 Å². The molecule has 0 aromatic carbocycles. The summed E-state index contributed by atoms with van der Waals surface area (Å²) >= 11 is 0. The molecule has 0 bridgehead atoms. The number of aromatic nitrogens is 2. The molecular formula is C10H14N2O3. The molecule has 15 heavy (non-hydrogen) atoms. The lowest BCUT2D eigenvalue weighted by Crippen LogP contribution is -2.22. The van der Waals surface area contributed by atoms with Crippen LogP contribution in [0.5, 0.6) is 0 Å². The van der Waals surface area contributed by atoms with Crippen LogP contribution in [0, 0.1) is 5.92 Å². The van der Waals surface area contributed by atoms with Crippen molar-refractivity contribution in [3.63, 3.8) is 0 Å². The molecule has 1 aromatic rings. The number of carbonyl (C=O) groups is 1. The molecule has 0 radical (unpaired) electrons. The van der Waals surface area contributed by atoms with Crippen molar-refractivity contribution in [2.24, 2.45) is 5.92 Å². The van der Waals surface area contributed by atoms with Crippen molar-refractivity contribution < 1.29 is 14.6 Å². The predicted molar refractivity (Wildman–Crippen MR) is 52.5 cm³/mol. The van der Waals surface area contributed by atoms with Gasteiger partial charge < -0.3 is 9.84 Å². The second-order valence-electron chi connectivity index (χ2n) is 3.84. The van der Waals surface area contributed by atoms with Gasteiger partial charge in [0, 0.05) is 12.8 Å². The first-order chi connectivity index (χ1) is 7.22. The molecule has 0 unspecified atom stereocenters. The molecule has 2 N–H and O–H groups in total. The normalized spacial score (nSPS) is 19.9. The van der Waals surface area contributed by atoms with E-state index < -0.39 is 5.97 Å². The van der Waals surface area contributed by atoms with Crippen LogP contribution in [0.2, 0.25) is 0 Å². The third-order valence-electron chi connectivity index (χ3n) is 2.86. The number of methoxy groups -OCH3 is 1. The molecule has 5 heteroatoms. The first kappa shape index (κ1) is 10.2. The summed E-state index contributed by atoms with van der Waals surface area (Å²) in [7, 11) is 1.61. The standard InChI is InChI=1S/C10H14N2O3/c1-15-5-9-7-4-6(10(13)14)2-3-8(7)11-12-9/h6H,2-5H2,1H3,(H,11,12)(H,13,14)/t6-/m0/s1. The number of aromatic amines is 1. The van der Waals surface area contributed by atoms with Crippen molar-refractivity contribution >= 4 is 5.97 Å². The smallest absolute Gasteiger partial charge is 0.306 e. The predicted octanol–water partition coefficient (Wildman–Crippen LogP) is 0.746. The minimum absolute atomic E-state index is 0.272. The minimum atomic E-state index is -0.717. The topological polar surface area (TPSA) is 75.2 Å². The number of carboxylic acids is 1. The monoisotopic (exact) mass is 210 g/mol. The van der Waals surface area contributed by atoms with Crippen LogP contribution in [0.15, 0.2) is 0 Å². The van der Waals surface area contributed by atoms with Gasteiger partial charge in [0.1, 0.15) is 0 Å². The zero-order chi connectivity index (χ0) is 10.8. The van der Waals surface area contributed by atoms with Gasteiger partial charge in [0.15, 0.2) is 0 Å². The Bertz CT molecular complexity index is 373.